The number of hydrogen-bond acceptors (Lipinski definition) is 5. The SMILES string of the molecule is CNC(=O)c1ccc(N2CCN([C@H]3CC[C@@H](c4cc5cccc(F)c5c(=O)[nH]4)C3)CC2)c(Cl)n1. The number of hydrogen-bond donors (Lipinski definition) is 2. The average Bonchev–Trinajstić information content (AvgIpc) is 3.34. The third-order valence-electron chi connectivity index (χ3n) is 7.15. The van der Waals surface area contributed by atoms with Crippen molar-refractivity contribution in [3.05, 3.63) is 69.1 Å². The third kappa shape index (κ3) is 4.28. The fourth-order valence-electron chi connectivity index (χ4n) is 5.33. The lowest BCUT2D eigenvalue weighted by Crippen LogP contribution is -2.50. The predicted molar refractivity (Wildman–Crippen MR) is 131 cm³/mol. The van der Waals surface area contributed by atoms with Gasteiger partial charge in [-0.3, -0.25) is 14.5 Å². The van der Waals surface area contributed by atoms with E-state index in [9.17, 15) is 14.0 Å². The van der Waals surface area contributed by atoms with Gasteiger partial charge < -0.3 is 15.2 Å². The van der Waals surface area contributed by atoms with Crippen LogP contribution in [0.3, 0.4) is 0 Å². The number of amides is 1. The molecule has 1 amide bonds. The van der Waals surface area contributed by atoms with Crippen LogP contribution in [0.25, 0.3) is 10.8 Å². The number of rotatable bonds is 4. The highest BCUT2D eigenvalue weighted by Gasteiger charge is 2.33. The van der Waals surface area contributed by atoms with E-state index in [0.29, 0.717) is 22.3 Å². The lowest BCUT2D eigenvalue weighted by Gasteiger charge is -2.39. The van der Waals surface area contributed by atoms with Crippen LogP contribution in [-0.2, 0) is 0 Å². The number of halogens is 2. The van der Waals surface area contributed by atoms with E-state index in [1.165, 1.54) is 6.07 Å². The van der Waals surface area contributed by atoms with E-state index in [4.69, 9.17) is 11.6 Å². The smallest absolute Gasteiger partial charge is 0.269 e. The maximum atomic E-state index is 14.1. The van der Waals surface area contributed by atoms with Crippen LogP contribution in [-0.4, -0.2) is 60.0 Å². The summed E-state index contributed by atoms with van der Waals surface area (Å²) >= 11 is 6.38. The van der Waals surface area contributed by atoms with Gasteiger partial charge in [-0.2, -0.15) is 0 Å². The van der Waals surface area contributed by atoms with Gasteiger partial charge in [0.15, 0.2) is 5.15 Å². The molecule has 7 nitrogen and oxygen atoms in total. The lowest BCUT2D eigenvalue weighted by molar-refractivity contribution is 0.0958. The highest BCUT2D eigenvalue weighted by Crippen LogP contribution is 2.37. The zero-order valence-electron chi connectivity index (χ0n) is 19.0. The quantitative estimate of drug-likeness (QED) is 0.555. The molecule has 2 fully saturated rings. The molecule has 3 aromatic rings. The number of piperazine rings is 1. The Hall–Kier alpha value is -2.97. The highest BCUT2D eigenvalue weighted by atomic mass is 35.5. The summed E-state index contributed by atoms with van der Waals surface area (Å²) in [6.45, 7) is 3.47. The van der Waals surface area contributed by atoms with Crippen molar-refractivity contribution in [2.45, 2.75) is 31.2 Å². The summed E-state index contributed by atoms with van der Waals surface area (Å²) in [7, 11) is 1.57. The van der Waals surface area contributed by atoms with Gasteiger partial charge in [0, 0.05) is 50.9 Å². The largest absolute Gasteiger partial charge is 0.366 e. The van der Waals surface area contributed by atoms with E-state index in [1.54, 1.807) is 25.2 Å². The number of benzene rings is 1. The number of carbonyl (C=O) groups excluding carboxylic acids is 1. The monoisotopic (exact) mass is 483 g/mol. The molecule has 5 rings (SSSR count). The van der Waals surface area contributed by atoms with Crippen molar-refractivity contribution in [3.8, 4) is 0 Å². The third-order valence-corrected chi connectivity index (χ3v) is 7.42. The van der Waals surface area contributed by atoms with Crippen molar-refractivity contribution >= 4 is 34.0 Å². The first-order chi connectivity index (χ1) is 16.4. The van der Waals surface area contributed by atoms with Crippen LogP contribution in [0.4, 0.5) is 10.1 Å². The van der Waals surface area contributed by atoms with Crippen molar-refractivity contribution in [2.75, 3.05) is 38.1 Å². The molecule has 178 valence electrons. The number of nitrogens with zero attached hydrogens (tertiary/aromatic N) is 3. The first kappa shape index (κ1) is 22.8. The van der Waals surface area contributed by atoms with Gasteiger partial charge >= 0.3 is 0 Å². The van der Waals surface area contributed by atoms with Crippen LogP contribution >= 0.6 is 11.6 Å². The molecule has 3 heterocycles. The van der Waals surface area contributed by atoms with Crippen LogP contribution in [0, 0.1) is 5.82 Å². The van der Waals surface area contributed by atoms with Gasteiger partial charge in [0.25, 0.3) is 11.5 Å². The van der Waals surface area contributed by atoms with Crippen LogP contribution < -0.4 is 15.8 Å². The maximum absolute atomic E-state index is 14.1. The van der Waals surface area contributed by atoms with E-state index in [-0.39, 0.29) is 22.8 Å². The molecular formula is C25H27ClFN5O2. The minimum Gasteiger partial charge on any atom is -0.366 e. The Morgan fingerprint density at radius 3 is 2.71 bits per heavy atom. The van der Waals surface area contributed by atoms with Gasteiger partial charge in [0.05, 0.1) is 11.1 Å². The first-order valence-corrected chi connectivity index (χ1v) is 12.0. The number of pyridine rings is 2. The maximum Gasteiger partial charge on any atom is 0.269 e. The summed E-state index contributed by atoms with van der Waals surface area (Å²) < 4.78 is 14.1. The summed E-state index contributed by atoms with van der Waals surface area (Å²) in [5.41, 5.74) is 1.70. The molecule has 34 heavy (non-hydrogen) atoms. The van der Waals surface area contributed by atoms with Crippen LogP contribution in [0.5, 0.6) is 0 Å². The molecule has 0 radical (unpaired) electrons. The molecule has 2 atom stereocenters. The summed E-state index contributed by atoms with van der Waals surface area (Å²) in [5.74, 6) is -0.475. The Bertz CT molecular complexity index is 1290. The second-order valence-corrected chi connectivity index (χ2v) is 9.39. The second-order valence-electron chi connectivity index (χ2n) is 9.03. The molecule has 1 aliphatic heterocycles. The normalized spacial score (nSPS) is 21.2. The number of H-pyrrole nitrogens is 1. The number of fused-ring (bicyclic) bond motifs is 1. The standard InChI is InChI=1S/C25H27ClFN5O2/c1-28-24(33)19-7-8-21(23(26)29-19)32-11-9-31(10-12-32)17-6-5-15(13-17)20-14-16-3-2-4-18(27)22(16)25(34)30-20/h2-4,7-8,14-15,17H,5-6,9-13H2,1H3,(H,28,33)(H,30,34)/t15-,17+/m1/s1. The lowest BCUT2D eigenvalue weighted by atomic mass is 10.00. The molecule has 1 aliphatic carbocycles. The number of aromatic amines is 1. The molecular weight excluding hydrogens is 457 g/mol. The minimum atomic E-state index is -0.481. The minimum absolute atomic E-state index is 0.133. The van der Waals surface area contributed by atoms with Crippen molar-refractivity contribution in [1.82, 2.24) is 20.2 Å². The van der Waals surface area contributed by atoms with Gasteiger partial charge in [0.1, 0.15) is 11.5 Å². The molecule has 9 heteroatoms. The first-order valence-electron chi connectivity index (χ1n) is 11.6. The van der Waals surface area contributed by atoms with E-state index in [1.807, 2.05) is 12.1 Å². The van der Waals surface area contributed by atoms with Crippen molar-refractivity contribution in [3.63, 3.8) is 0 Å². The number of nitrogens with one attached hydrogen (secondary N) is 2. The predicted octanol–water partition coefficient (Wildman–Crippen LogP) is 3.53. The highest BCUT2D eigenvalue weighted by molar-refractivity contribution is 6.32. The Balaban J connectivity index is 1.23. The van der Waals surface area contributed by atoms with Crippen molar-refractivity contribution in [2.24, 2.45) is 0 Å². The summed E-state index contributed by atoms with van der Waals surface area (Å²) in [4.78, 5) is 36.2. The molecule has 1 saturated carbocycles. The number of anilines is 1. The van der Waals surface area contributed by atoms with E-state index >= 15 is 0 Å². The van der Waals surface area contributed by atoms with E-state index in [0.717, 1.165) is 56.8 Å². The molecule has 0 bridgehead atoms. The van der Waals surface area contributed by atoms with Crippen LogP contribution in [0.2, 0.25) is 5.15 Å². The summed E-state index contributed by atoms with van der Waals surface area (Å²) in [6, 6.07) is 10.7. The van der Waals surface area contributed by atoms with Crippen molar-refractivity contribution < 1.29 is 9.18 Å². The number of carbonyl (C=O) groups is 1. The fourth-order valence-corrected chi connectivity index (χ4v) is 5.61. The average molecular weight is 484 g/mol. The zero-order chi connectivity index (χ0) is 23.8. The van der Waals surface area contributed by atoms with E-state index < -0.39 is 5.82 Å². The van der Waals surface area contributed by atoms with Gasteiger partial charge in [-0.25, -0.2) is 9.37 Å². The molecule has 2 N–H and O–H groups in total. The van der Waals surface area contributed by atoms with Crippen LogP contribution in [0.1, 0.15) is 41.4 Å². The molecule has 2 aliphatic rings. The van der Waals surface area contributed by atoms with Crippen molar-refractivity contribution in [1.29, 1.82) is 0 Å². The van der Waals surface area contributed by atoms with Crippen LogP contribution in [0.15, 0.2) is 41.2 Å². The Labute approximate surface area is 201 Å². The Morgan fingerprint density at radius 1 is 1.18 bits per heavy atom. The number of aromatic nitrogens is 2. The summed E-state index contributed by atoms with van der Waals surface area (Å²) in [6.07, 6.45) is 3.04. The molecule has 1 saturated heterocycles. The van der Waals surface area contributed by atoms with Gasteiger partial charge in [-0.05, 0) is 48.9 Å². The van der Waals surface area contributed by atoms with E-state index in [2.05, 4.69) is 25.1 Å². The second kappa shape index (κ2) is 9.35. The molecule has 2 aromatic heterocycles. The topological polar surface area (TPSA) is 81.3 Å². The van der Waals surface area contributed by atoms with Gasteiger partial charge in [-0.1, -0.05) is 23.7 Å². The molecule has 1 aromatic carbocycles. The Morgan fingerprint density at radius 2 is 1.97 bits per heavy atom. The zero-order valence-corrected chi connectivity index (χ0v) is 19.7. The fraction of sp³-hybridized carbons (Fsp3) is 0.400. The molecule has 0 unspecified atom stereocenters. The van der Waals surface area contributed by atoms with Gasteiger partial charge in [-0.15, -0.1) is 0 Å². The van der Waals surface area contributed by atoms with Gasteiger partial charge in [0.2, 0.25) is 0 Å². The molecule has 0 spiro atoms. The summed E-state index contributed by atoms with van der Waals surface area (Å²) in [5, 5.41) is 3.69. The Kier molecular flexibility index (Phi) is 6.27.